The summed E-state index contributed by atoms with van der Waals surface area (Å²) in [5.74, 6) is 0. The molecule has 0 saturated carbocycles. The van der Waals surface area contributed by atoms with E-state index in [2.05, 4.69) is 180 Å². The van der Waals surface area contributed by atoms with Gasteiger partial charge in [0.05, 0.1) is 11.0 Å². The monoisotopic (exact) mass is 627 g/mol. The highest BCUT2D eigenvalue weighted by molar-refractivity contribution is 7.17. The summed E-state index contributed by atoms with van der Waals surface area (Å²) in [5.41, 5.74) is 11.1. The van der Waals surface area contributed by atoms with Crippen LogP contribution in [0.3, 0.4) is 0 Å². The summed E-state index contributed by atoms with van der Waals surface area (Å²) in [6.07, 6.45) is 0. The molecular formula is C46H29NS. The first-order valence-corrected chi connectivity index (χ1v) is 17.3. The number of hydrogen-bond acceptors (Lipinski definition) is 1. The van der Waals surface area contributed by atoms with Crippen LogP contribution in [0.2, 0.25) is 0 Å². The lowest BCUT2D eigenvalue weighted by Gasteiger charge is -2.18. The first kappa shape index (κ1) is 27.2. The van der Waals surface area contributed by atoms with E-state index in [1.165, 1.54) is 92.5 Å². The Hall–Kier alpha value is -5.96. The molecule has 224 valence electrons. The van der Waals surface area contributed by atoms with Gasteiger partial charge < -0.3 is 4.57 Å². The zero-order chi connectivity index (χ0) is 31.6. The lowest BCUT2D eigenvalue weighted by Crippen LogP contribution is -1.94. The summed E-state index contributed by atoms with van der Waals surface area (Å²) < 4.78 is 3.74. The Bertz CT molecular complexity index is 2810. The summed E-state index contributed by atoms with van der Waals surface area (Å²) in [6, 6.07) is 62.3. The average Bonchev–Trinajstić information content (AvgIpc) is 3.73. The molecule has 2 heteroatoms. The van der Waals surface area contributed by atoms with Crippen molar-refractivity contribution in [1.29, 1.82) is 0 Å². The van der Waals surface area contributed by atoms with Gasteiger partial charge in [0.15, 0.2) is 0 Å². The van der Waals surface area contributed by atoms with E-state index in [1.54, 1.807) is 0 Å². The van der Waals surface area contributed by atoms with Gasteiger partial charge in [-0.2, -0.15) is 0 Å². The third kappa shape index (κ3) is 4.17. The predicted molar refractivity (Wildman–Crippen MR) is 207 cm³/mol. The number of nitrogens with zero attached hydrogens (tertiary/aromatic N) is 1. The standard InChI is InChI=1S/C46H29NS/c1-4-14-30(15-5-1)32-24-38(31-16-6-2-7-17-31)46-40(25-32)37-28-44-39(35-20-10-12-22-43(35)47(44)34-18-8-3-9-19-34)26-33(37)27-41(46)42-29-48-45-23-13-11-21-36(42)45/h1-29H. The zero-order valence-electron chi connectivity index (χ0n) is 26.1. The van der Waals surface area contributed by atoms with Crippen molar-refractivity contribution in [2.75, 3.05) is 0 Å². The van der Waals surface area contributed by atoms with Crippen molar-refractivity contribution in [2.24, 2.45) is 0 Å². The van der Waals surface area contributed by atoms with Gasteiger partial charge >= 0.3 is 0 Å². The van der Waals surface area contributed by atoms with Gasteiger partial charge in [0.2, 0.25) is 0 Å². The molecule has 1 nitrogen and oxygen atoms in total. The fraction of sp³-hybridized carbons (Fsp3) is 0. The second kappa shape index (κ2) is 10.8. The fourth-order valence-electron chi connectivity index (χ4n) is 7.65. The molecule has 0 N–H and O–H groups in total. The molecule has 0 radical (unpaired) electrons. The summed E-state index contributed by atoms with van der Waals surface area (Å²) in [7, 11) is 0. The maximum absolute atomic E-state index is 2.45. The van der Waals surface area contributed by atoms with Gasteiger partial charge in [0, 0.05) is 32.1 Å². The second-order valence-electron chi connectivity index (χ2n) is 12.5. The molecule has 0 fully saturated rings. The van der Waals surface area contributed by atoms with E-state index in [9.17, 15) is 0 Å². The van der Waals surface area contributed by atoms with Crippen LogP contribution in [0.15, 0.2) is 175 Å². The lowest BCUT2D eigenvalue weighted by atomic mass is 9.85. The Morgan fingerprint density at radius 1 is 0.375 bits per heavy atom. The van der Waals surface area contributed by atoms with Gasteiger partial charge in [-0.25, -0.2) is 0 Å². The van der Waals surface area contributed by atoms with Crippen LogP contribution < -0.4 is 0 Å². The molecule has 0 atom stereocenters. The zero-order valence-corrected chi connectivity index (χ0v) is 26.9. The molecular weight excluding hydrogens is 599 g/mol. The van der Waals surface area contributed by atoms with Crippen LogP contribution >= 0.6 is 11.3 Å². The van der Waals surface area contributed by atoms with Gasteiger partial charge in [0.1, 0.15) is 0 Å². The molecule has 0 bridgehead atoms. The Morgan fingerprint density at radius 2 is 1.04 bits per heavy atom. The lowest BCUT2D eigenvalue weighted by molar-refractivity contribution is 1.18. The van der Waals surface area contributed by atoms with Crippen LogP contribution in [-0.2, 0) is 0 Å². The van der Waals surface area contributed by atoms with Crippen molar-refractivity contribution >= 4 is 64.8 Å². The molecule has 0 unspecified atom stereocenters. The summed E-state index contributed by atoms with van der Waals surface area (Å²) >= 11 is 1.83. The minimum absolute atomic E-state index is 1.17. The third-order valence-corrected chi connectivity index (χ3v) is 10.8. The number of rotatable bonds is 4. The summed E-state index contributed by atoms with van der Waals surface area (Å²) in [5, 5.41) is 11.3. The van der Waals surface area contributed by atoms with Gasteiger partial charge in [-0.05, 0) is 109 Å². The van der Waals surface area contributed by atoms with E-state index >= 15 is 0 Å². The van der Waals surface area contributed by atoms with E-state index < -0.39 is 0 Å². The molecule has 0 aliphatic rings. The van der Waals surface area contributed by atoms with Gasteiger partial charge in [-0.1, -0.05) is 115 Å². The maximum Gasteiger partial charge on any atom is 0.0547 e. The van der Waals surface area contributed by atoms with Crippen molar-refractivity contribution in [1.82, 2.24) is 4.57 Å². The van der Waals surface area contributed by atoms with Crippen molar-refractivity contribution in [3.8, 4) is 39.1 Å². The quantitative estimate of drug-likeness (QED) is 0.171. The van der Waals surface area contributed by atoms with Crippen LogP contribution in [-0.4, -0.2) is 4.57 Å². The molecule has 2 aromatic heterocycles. The van der Waals surface area contributed by atoms with E-state index in [0.29, 0.717) is 0 Å². The highest BCUT2D eigenvalue weighted by Crippen LogP contribution is 2.47. The minimum Gasteiger partial charge on any atom is -0.309 e. The predicted octanol–water partition coefficient (Wildman–Crippen LogP) is 13.3. The third-order valence-electron chi connectivity index (χ3n) is 9.82. The Kier molecular flexibility index (Phi) is 6.12. The number of fused-ring (bicyclic) bond motifs is 7. The maximum atomic E-state index is 2.45. The fourth-order valence-corrected chi connectivity index (χ4v) is 8.61. The summed E-state index contributed by atoms with van der Waals surface area (Å²) in [4.78, 5) is 0. The molecule has 2 heterocycles. The number of hydrogen-bond donors (Lipinski definition) is 0. The highest BCUT2D eigenvalue weighted by Gasteiger charge is 2.20. The normalized spacial score (nSPS) is 11.8. The van der Waals surface area contributed by atoms with E-state index in [-0.39, 0.29) is 0 Å². The van der Waals surface area contributed by atoms with Crippen LogP contribution in [0.4, 0.5) is 0 Å². The second-order valence-corrected chi connectivity index (χ2v) is 13.4. The van der Waals surface area contributed by atoms with Crippen molar-refractivity contribution in [3.63, 3.8) is 0 Å². The van der Waals surface area contributed by atoms with Crippen molar-refractivity contribution in [2.45, 2.75) is 0 Å². The van der Waals surface area contributed by atoms with E-state index in [0.717, 1.165) is 0 Å². The number of thiophene rings is 1. The van der Waals surface area contributed by atoms with Crippen LogP contribution in [0.5, 0.6) is 0 Å². The highest BCUT2D eigenvalue weighted by atomic mass is 32.1. The number of aromatic nitrogens is 1. The molecule has 0 aliphatic heterocycles. The minimum atomic E-state index is 1.17. The molecule has 0 amide bonds. The topological polar surface area (TPSA) is 4.93 Å². The Morgan fingerprint density at radius 3 is 1.83 bits per heavy atom. The van der Waals surface area contributed by atoms with Crippen molar-refractivity contribution < 1.29 is 0 Å². The molecule has 0 aliphatic carbocycles. The molecule has 0 spiro atoms. The smallest absolute Gasteiger partial charge is 0.0547 e. The van der Waals surface area contributed by atoms with Gasteiger partial charge in [-0.15, -0.1) is 11.3 Å². The first-order chi connectivity index (χ1) is 23.8. The molecule has 10 aromatic rings. The Balaban J connectivity index is 1.42. The number of benzene rings is 8. The first-order valence-electron chi connectivity index (χ1n) is 16.4. The Labute approximate surface area is 282 Å². The molecule has 48 heavy (non-hydrogen) atoms. The summed E-state index contributed by atoms with van der Waals surface area (Å²) in [6.45, 7) is 0. The van der Waals surface area contributed by atoms with Crippen LogP contribution in [0.25, 0.3) is 92.5 Å². The molecule has 8 aromatic carbocycles. The SMILES string of the molecule is c1ccc(-c2cc(-c3ccccc3)c3c(-c4csc5ccccc45)cc4cc5c6ccccc6n(-c6ccccc6)c5cc4c3c2)cc1. The van der Waals surface area contributed by atoms with E-state index in [1.807, 2.05) is 11.3 Å². The molecule has 0 saturated heterocycles. The number of para-hydroxylation sites is 2. The molecule has 10 rings (SSSR count). The van der Waals surface area contributed by atoms with Crippen LogP contribution in [0.1, 0.15) is 0 Å². The average molecular weight is 628 g/mol. The van der Waals surface area contributed by atoms with Gasteiger partial charge in [0.25, 0.3) is 0 Å². The van der Waals surface area contributed by atoms with Crippen molar-refractivity contribution in [3.05, 3.63) is 175 Å². The van der Waals surface area contributed by atoms with E-state index in [4.69, 9.17) is 0 Å². The largest absolute Gasteiger partial charge is 0.309 e. The van der Waals surface area contributed by atoms with Gasteiger partial charge in [-0.3, -0.25) is 0 Å². The van der Waals surface area contributed by atoms with Crippen LogP contribution in [0, 0.1) is 0 Å².